The number of carbonyl (C=O) groups excluding carboxylic acids is 1. The molecule has 1 atom stereocenters. The molecule has 28 heavy (non-hydrogen) atoms. The number of rotatable bonds is 6. The molecule has 1 aliphatic rings. The van der Waals surface area contributed by atoms with Crippen LogP contribution in [0.1, 0.15) is 50.0 Å². The summed E-state index contributed by atoms with van der Waals surface area (Å²) >= 11 is 12.3. The molecule has 1 aromatic heterocycles. The summed E-state index contributed by atoms with van der Waals surface area (Å²) in [7, 11) is 0. The molecule has 0 aliphatic heterocycles. The predicted molar refractivity (Wildman–Crippen MR) is 114 cm³/mol. The lowest BCUT2D eigenvalue weighted by molar-refractivity contribution is -0.128. The highest BCUT2D eigenvalue weighted by atomic mass is 35.5. The van der Waals surface area contributed by atoms with E-state index in [9.17, 15) is 4.79 Å². The van der Waals surface area contributed by atoms with E-state index in [1.807, 2.05) is 36.4 Å². The molecule has 146 valence electrons. The van der Waals surface area contributed by atoms with Gasteiger partial charge in [0.2, 0.25) is 5.91 Å². The molecule has 1 aliphatic carbocycles. The lowest BCUT2D eigenvalue weighted by atomic mass is 9.84. The van der Waals surface area contributed by atoms with Crippen LogP contribution < -0.4 is 5.32 Å². The molecule has 0 saturated heterocycles. The summed E-state index contributed by atoms with van der Waals surface area (Å²) in [6.45, 7) is 2.69. The molecular formula is C22H23Cl2N3O. The number of fused-ring (bicyclic) bond motifs is 1. The van der Waals surface area contributed by atoms with Crippen LogP contribution in [-0.2, 0) is 11.3 Å². The lowest BCUT2D eigenvalue weighted by Gasteiger charge is -2.27. The van der Waals surface area contributed by atoms with E-state index in [1.165, 1.54) is 0 Å². The first-order valence-corrected chi connectivity index (χ1v) is 10.5. The Morgan fingerprint density at radius 1 is 1.21 bits per heavy atom. The molecule has 0 radical (unpaired) electrons. The molecule has 1 amide bonds. The maximum Gasteiger partial charge on any atom is 0.223 e. The predicted octanol–water partition coefficient (Wildman–Crippen LogP) is 5.76. The average Bonchev–Trinajstić information content (AvgIpc) is 3.00. The average molecular weight is 416 g/mol. The number of halogens is 2. The number of amides is 1. The van der Waals surface area contributed by atoms with Gasteiger partial charge in [-0.2, -0.15) is 0 Å². The summed E-state index contributed by atoms with van der Waals surface area (Å²) in [5, 5.41) is 4.30. The Morgan fingerprint density at radius 3 is 2.68 bits per heavy atom. The molecule has 3 aromatic rings. The van der Waals surface area contributed by atoms with Gasteiger partial charge in [0.05, 0.1) is 27.1 Å². The van der Waals surface area contributed by atoms with Crippen LogP contribution >= 0.6 is 23.2 Å². The summed E-state index contributed by atoms with van der Waals surface area (Å²) < 4.78 is 2.17. The van der Waals surface area contributed by atoms with E-state index in [1.54, 1.807) is 0 Å². The Labute approximate surface area is 174 Å². The van der Waals surface area contributed by atoms with Crippen LogP contribution in [0.15, 0.2) is 42.5 Å². The number of hydrogen-bond acceptors (Lipinski definition) is 2. The summed E-state index contributed by atoms with van der Waals surface area (Å²) in [6.07, 6.45) is 3.90. The van der Waals surface area contributed by atoms with Crippen molar-refractivity contribution in [2.75, 3.05) is 0 Å². The van der Waals surface area contributed by atoms with Gasteiger partial charge >= 0.3 is 0 Å². The lowest BCUT2D eigenvalue weighted by Crippen LogP contribution is -2.37. The monoisotopic (exact) mass is 415 g/mol. The second kappa shape index (κ2) is 8.14. The van der Waals surface area contributed by atoms with Gasteiger partial charge < -0.3 is 9.88 Å². The van der Waals surface area contributed by atoms with Gasteiger partial charge in [-0.1, -0.05) is 54.7 Å². The van der Waals surface area contributed by atoms with Crippen molar-refractivity contribution in [3.8, 4) is 0 Å². The van der Waals surface area contributed by atoms with Crippen molar-refractivity contribution in [1.29, 1.82) is 0 Å². The minimum atomic E-state index is -0.122. The minimum Gasteiger partial charge on any atom is -0.346 e. The molecule has 4 nitrogen and oxygen atoms in total. The van der Waals surface area contributed by atoms with E-state index in [0.717, 1.165) is 48.1 Å². The van der Waals surface area contributed by atoms with E-state index < -0.39 is 0 Å². The van der Waals surface area contributed by atoms with Crippen molar-refractivity contribution < 1.29 is 4.79 Å². The highest BCUT2D eigenvalue weighted by molar-refractivity contribution is 6.42. The number of nitrogens with one attached hydrogen (secondary N) is 1. The molecule has 1 saturated carbocycles. The fourth-order valence-electron chi connectivity index (χ4n) is 3.66. The number of imidazole rings is 1. The smallest absolute Gasteiger partial charge is 0.223 e. The summed E-state index contributed by atoms with van der Waals surface area (Å²) in [4.78, 5) is 17.4. The van der Waals surface area contributed by atoms with Gasteiger partial charge in [-0.05, 0) is 49.1 Å². The van der Waals surface area contributed by atoms with Gasteiger partial charge in [-0.15, -0.1) is 0 Å². The highest BCUT2D eigenvalue weighted by Gasteiger charge is 2.28. The number of benzene rings is 2. The quantitative estimate of drug-likeness (QED) is 0.556. The van der Waals surface area contributed by atoms with E-state index in [2.05, 4.69) is 22.9 Å². The molecule has 0 spiro atoms. The van der Waals surface area contributed by atoms with Crippen molar-refractivity contribution >= 4 is 40.1 Å². The largest absolute Gasteiger partial charge is 0.346 e. The number of para-hydroxylation sites is 2. The van der Waals surface area contributed by atoms with Crippen LogP contribution in [-0.4, -0.2) is 15.5 Å². The van der Waals surface area contributed by atoms with Crippen LogP contribution in [0.5, 0.6) is 0 Å². The number of aromatic nitrogens is 2. The number of hydrogen-bond donors (Lipinski definition) is 1. The minimum absolute atomic E-state index is 0.122. The molecule has 2 aromatic carbocycles. The Balaban J connectivity index is 1.71. The third-order valence-electron chi connectivity index (χ3n) is 5.52. The van der Waals surface area contributed by atoms with Gasteiger partial charge in [0.25, 0.3) is 0 Å². The van der Waals surface area contributed by atoms with Gasteiger partial charge in [-0.25, -0.2) is 4.98 Å². The molecule has 4 rings (SSSR count). The van der Waals surface area contributed by atoms with Crippen LogP contribution in [0, 0.1) is 5.92 Å². The van der Waals surface area contributed by atoms with Gasteiger partial charge in [-0.3, -0.25) is 4.79 Å². The molecule has 1 heterocycles. The maximum absolute atomic E-state index is 12.6. The third kappa shape index (κ3) is 3.76. The number of nitrogens with zero attached hydrogens (tertiary/aromatic N) is 2. The Hall–Kier alpha value is -2.04. The molecule has 1 unspecified atom stereocenters. The van der Waals surface area contributed by atoms with Crippen molar-refractivity contribution in [2.45, 2.75) is 45.2 Å². The van der Waals surface area contributed by atoms with E-state index in [-0.39, 0.29) is 17.9 Å². The topological polar surface area (TPSA) is 46.9 Å². The first kappa shape index (κ1) is 19.3. The third-order valence-corrected chi connectivity index (χ3v) is 6.26. The fourth-order valence-corrected chi connectivity index (χ4v) is 3.98. The molecular weight excluding hydrogens is 393 g/mol. The van der Waals surface area contributed by atoms with Gasteiger partial charge in [0.15, 0.2) is 0 Å². The first-order valence-electron chi connectivity index (χ1n) is 9.76. The molecule has 6 heteroatoms. The zero-order valence-electron chi connectivity index (χ0n) is 15.8. The zero-order valence-corrected chi connectivity index (χ0v) is 17.3. The van der Waals surface area contributed by atoms with Crippen LogP contribution in [0.4, 0.5) is 0 Å². The van der Waals surface area contributed by atoms with E-state index >= 15 is 0 Å². The summed E-state index contributed by atoms with van der Waals surface area (Å²) in [5.74, 6) is 1.18. The number of carbonyl (C=O) groups is 1. The fraction of sp³-hybridized carbons (Fsp3) is 0.364. The maximum atomic E-state index is 12.6. The van der Waals surface area contributed by atoms with Gasteiger partial charge in [0.1, 0.15) is 5.82 Å². The SMILES string of the molecule is CCC(NC(=O)C1CCC1)c1nc2ccccc2n1Cc1ccc(Cl)c(Cl)c1. The Morgan fingerprint density at radius 2 is 2.00 bits per heavy atom. The van der Waals surface area contributed by atoms with Crippen molar-refractivity contribution in [2.24, 2.45) is 5.92 Å². The van der Waals surface area contributed by atoms with Crippen molar-refractivity contribution in [3.05, 3.63) is 63.9 Å². The van der Waals surface area contributed by atoms with Crippen molar-refractivity contribution in [1.82, 2.24) is 14.9 Å². The van der Waals surface area contributed by atoms with E-state index in [0.29, 0.717) is 16.6 Å². The van der Waals surface area contributed by atoms with Crippen molar-refractivity contribution in [3.63, 3.8) is 0 Å². The Kier molecular flexibility index (Phi) is 5.61. The molecule has 1 fully saturated rings. The van der Waals surface area contributed by atoms with Gasteiger partial charge in [0, 0.05) is 12.5 Å². The Bertz CT molecular complexity index is 1010. The van der Waals surface area contributed by atoms with Crippen LogP contribution in [0.25, 0.3) is 11.0 Å². The first-order chi connectivity index (χ1) is 13.6. The normalized spacial score (nSPS) is 15.4. The standard InChI is InChI=1S/C22H23Cl2N3O/c1-2-18(26-22(28)15-6-5-7-15)21-25-19-8-3-4-9-20(19)27(21)13-14-10-11-16(23)17(24)12-14/h3-4,8-12,15,18H,2,5-7,13H2,1H3,(H,26,28). The summed E-state index contributed by atoms with van der Waals surface area (Å²) in [6, 6.07) is 13.6. The molecule has 0 bridgehead atoms. The van der Waals surface area contributed by atoms with Crippen LogP contribution in [0.2, 0.25) is 10.0 Å². The molecule has 1 N–H and O–H groups in total. The van der Waals surface area contributed by atoms with E-state index in [4.69, 9.17) is 28.2 Å². The second-order valence-electron chi connectivity index (χ2n) is 7.39. The summed E-state index contributed by atoms with van der Waals surface area (Å²) in [5.41, 5.74) is 3.01. The van der Waals surface area contributed by atoms with Crippen LogP contribution in [0.3, 0.4) is 0 Å². The zero-order chi connectivity index (χ0) is 19.7. The highest BCUT2D eigenvalue weighted by Crippen LogP contribution is 2.30. The second-order valence-corrected chi connectivity index (χ2v) is 8.20.